The number of esters is 1. The third-order valence-electron chi connectivity index (χ3n) is 3.33. The number of hydrogen-bond acceptors (Lipinski definition) is 6. The van der Waals surface area contributed by atoms with Crippen molar-refractivity contribution in [3.63, 3.8) is 0 Å². The number of rotatable bonds is 7. The Labute approximate surface area is 166 Å². The lowest BCUT2D eigenvalue weighted by Crippen LogP contribution is -2.10. The summed E-state index contributed by atoms with van der Waals surface area (Å²) in [7, 11) is 2.81. The van der Waals surface area contributed by atoms with Gasteiger partial charge in [-0.25, -0.2) is 4.79 Å². The standard InChI is InChI=1S/C19H20ClNO5S/c1-11(2)26-17-13(20)9-12(10-15(17)24-3)5-6-16(22)21-14-7-8-27-18(14)19(23)25-4/h5-11H,1-4H3,(H,21,22)/b6-5+. The second-order valence-electron chi connectivity index (χ2n) is 5.68. The first kappa shape index (κ1) is 20.8. The van der Waals surface area contributed by atoms with Crippen LogP contribution in [0, 0.1) is 0 Å². The fourth-order valence-corrected chi connectivity index (χ4v) is 3.22. The van der Waals surface area contributed by atoms with E-state index >= 15 is 0 Å². The van der Waals surface area contributed by atoms with Gasteiger partial charge in [0.2, 0.25) is 5.91 Å². The van der Waals surface area contributed by atoms with Gasteiger partial charge < -0.3 is 19.5 Å². The second kappa shape index (κ2) is 9.43. The Balaban J connectivity index is 2.16. The van der Waals surface area contributed by atoms with Gasteiger partial charge in [0.15, 0.2) is 11.5 Å². The van der Waals surface area contributed by atoms with Crippen LogP contribution in [0.1, 0.15) is 29.1 Å². The number of benzene rings is 1. The smallest absolute Gasteiger partial charge is 0.350 e. The minimum atomic E-state index is -0.499. The summed E-state index contributed by atoms with van der Waals surface area (Å²) in [5.74, 6) is 0.0384. The third kappa shape index (κ3) is 5.48. The molecule has 144 valence electrons. The van der Waals surface area contributed by atoms with E-state index in [4.69, 9.17) is 21.1 Å². The Hall–Kier alpha value is -2.51. The van der Waals surface area contributed by atoms with Gasteiger partial charge in [0, 0.05) is 6.08 Å². The van der Waals surface area contributed by atoms with E-state index in [0.717, 1.165) is 0 Å². The van der Waals surface area contributed by atoms with E-state index in [-0.39, 0.29) is 6.10 Å². The number of carbonyl (C=O) groups excluding carboxylic acids is 2. The molecule has 0 saturated heterocycles. The van der Waals surface area contributed by atoms with Crippen LogP contribution < -0.4 is 14.8 Å². The fourth-order valence-electron chi connectivity index (χ4n) is 2.19. The molecule has 8 heteroatoms. The molecule has 0 fully saturated rings. The summed E-state index contributed by atoms with van der Waals surface area (Å²) >= 11 is 7.46. The largest absolute Gasteiger partial charge is 0.493 e. The normalized spacial score (nSPS) is 10.9. The molecule has 0 aliphatic heterocycles. The quantitative estimate of drug-likeness (QED) is 0.532. The van der Waals surface area contributed by atoms with Crippen LogP contribution >= 0.6 is 22.9 Å². The third-order valence-corrected chi connectivity index (χ3v) is 4.50. The van der Waals surface area contributed by atoms with Gasteiger partial charge in [0.1, 0.15) is 4.88 Å². The van der Waals surface area contributed by atoms with Crippen LogP contribution in [0.25, 0.3) is 6.08 Å². The number of methoxy groups -OCH3 is 2. The average molecular weight is 410 g/mol. The molecule has 1 heterocycles. The average Bonchev–Trinajstić information content (AvgIpc) is 3.08. The van der Waals surface area contributed by atoms with Crippen molar-refractivity contribution in [3.8, 4) is 11.5 Å². The van der Waals surface area contributed by atoms with Crippen LogP contribution in [0.4, 0.5) is 5.69 Å². The number of carbonyl (C=O) groups is 2. The van der Waals surface area contributed by atoms with Gasteiger partial charge in [-0.1, -0.05) is 11.6 Å². The molecule has 2 aromatic rings. The maximum Gasteiger partial charge on any atom is 0.350 e. The molecule has 0 bridgehead atoms. The Morgan fingerprint density at radius 1 is 1.26 bits per heavy atom. The molecule has 1 amide bonds. The van der Waals surface area contributed by atoms with E-state index < -0.39 is 11.9 Å². The van der Waals surface area contributed by atoms with Gasteiger partial charge in [-0.2, -0.15) is 0 Å². The maximum absolute atomic E-state index is 12.2. The number of hydrogen-bond donors (Lipinski definition) is 1. The zero-order chi connectivity index (χ0) is 20.0. The molecular weight excluding hydrogens is 390 g/mol. The lowest BCUT2D eigenvalue weighted by molar-refractivity contribution is -0.111. The van der Waals surface area contributed by atoms with Crippen molar-refractivity contribution >= 4 is 46.6 Å². The van der Waals surface area contributed by atoms with E-state index in [9.17, 15) is 9.59 Å². The Morgan fingerprint density at radius 3 is 2.63 bits per heavy atom. The number of halogens is 1. The Kier molecular flexibility index (Phi) is 7.27. The lowest BCUT2D eigenvalue weighted by Gasteiger charge is -2.15. The molecule has 1 aromatic heterocycles. The minimum absolute atomic E-state index is 0.0572. The van der Waals surface area contributed by atoms with Crippen molar-refractivity contribution in [2.45, 2.75) is 20.0 Å². The zero-order valence-electron chi connectivity index (χ0n) is 15.4. The molecule has 27 heavy (non-hydrogen) atoms. The van der Waals surface area contributed by atoms with E-state index in [2.05, 4.69) is 10.1 Å². The molecule has 2 rings (SSSR count). The molecule has 0 saturated carbocycles. The van der Waals surface area contributed by atoms with Crippen LogP contribution in [0.15, 0.2) is 29.7 Å². The molecule has 1 N–H and O–H groups in total. The van der Waals surface area contributed by atoms with E-state index in [1.807, 2.05) is 13.8 Å². The zero-order valence-corrected chi connectivity index (χ0v) is 16.9. The van der Waals surface area contributed by atoms with Gasteiger partial charge in [-0.15, -0.1) is 11.3 Å². The van der Waals surface area contributed by atoms with Gasteiger partial charge in [0.05, 0.1) is 31.0 Å². The highest BCUT2D eigenvalue weighted by Crippen LogP contribution is 2.37. The first-order valence-corrected chi connectivity index (χ1v) is 9.30. The van der Waals surface area contributed by atoms with Crippen molar-refractivity contribution < 1.29 is 23.8 Å². The van der Waals surface area contributed by atoms with Crippen molar-refractivity contribution in [2.75, 3.05) is 19.5 Å². The highest BCUT2D eigenvalue weighted by molar-refractivity contribution is 7.12. The van der Waals surface area contributed by atoms with Gasteiger partial charge in [-0.3, -0.25) is 4.79 Å². The molecule has 0 aliphatic carbocycles. The molecule has 0 aliphatic rings. The number of anilines is 1. The summed E-state index contributed by atoms with van der Waals surface area (Å²) in [5.41, 5.74) is 1.07. The number of amides is 1. The predicted molar refractivity (Wildman–Crippen MR) is 107 cm³/mol. The highest BCUT2D eigenvalue weighted by atomic mass is 35.5. The fraction of sp³-hybridized carbons (Fsp3) is 0.263. The topological polar surface area (TPSA) is 73.9 Å². The molecular formula is C19H20ClNO5S. The van der Waals surface area contributed by atoms with Crippen LogP contribution in [0.2, 0.25) is 5.02 Å². The van der Waals surface area contributed by atoms with E-state index in [1.165, 1.54) is 31.6 Å². The molecule has 0 spiro atoms. The maximum atomic E-state index is 12.2. The summed E-state index contributed by atoms with van der Waals surface area (Å²) in [6.45, 7) is 3.78. The second-order valence-corrected chi connectivity index (χ2v) is 7.00. The van der Waals surface area contributed by atoms with E-state index in [1.54, 1.807) is 29.7 Å². The van der Waals surface area contributed by atoms with Crippen molar-refractivity contribution in [2.24, 2.45) is 0 Å². The van der Waals surface area contributed by atoms with Gasteiger partial charge in [-0.05, 0) is 49.1 Å². The predicted octanol–water partition coefficient (Wildman–Crippen LogP) is 4.64. The number of ether oxygens (including phenoxy) is 3. The van der Waals surface area contributed by atoms with Crippen LogP contribution in [-0.4, -0.2) is 32.2 Å². The molecule has 0 atom stereocenters. The molecule has 6 nitrogen and oxygen atoms in total. The monoisotopic (exact) mass is 409 g/mol. The van der Waals surface area contributed by atoms with Gasteiger partial charge in [0.25, 0.3) is 0 Å². The Morgan fingerprint density at radius 2 is 2.00 bits per heavy atom. The number of nitrogens with one attached hydrogen (secondary N) is 1. The van der Waals surface area contributed by atoms with Gasteiger partial charge >= 0.3 is 5.97 Å². The van der Waals surface area contributed by atoms with Crippen LogP contribution in [0.3, 0.4) is 0 Å². The van der Waals surface area contributed by atoms with Crippen molar-refractivity contribution in [3.05, 3.63) is 45.1 Å². The lowest BCUT2D eigenvalue weighted by atomic mass is 10.2. The molecule has 1 aromatic carbocycles. The van der Waals surface area contributed by atoms with E-state index in [0.29, 0.717) is 32.6 Å². The summed E-state index contributed by atoms with van der Waals surface area (Å²) in [5, 5.41) is 4.73. The highest BCUT2D eigenvalue weighted by Gasteiger charge is 2.15. The van der Waals surface area contributed by atoms with Crippen LogP contribution in [0.5, 0.6) is 11.5 Å². The molecule has 0 radical (unpaired) electrons. The first-order chi connectivity index (χ1) is 12.8. The number of thiophene rings is 1. The van der Waals surface area contributed by atoms with Crippen molar-refractivity contribution in [1.29, 1.82) is 0 Å². The Bertz CT molecular complexity index is 860. The summed E-state index contributed by atoms with van der Waals surface area (Å²) < 4.78 is 15.7. The molecule has 0 unspecified atom stereocenters. The van der Waals surface area contributed by atoms with Crippen molar-refractivity contribution in [1.82, 2.24) is 0 Å². The summed E-state index contributed by atoms with van der Waals surface area (Å²) in [4.78, 5) is 24.1. The van der Waals surface area contributed by atoms with Crippen LogP contribution in [-0.2, 0) is 9.53 Å². The summed E-state index contributed by atoms with van der Waals surface area (Å²) in [6, 6.07) is 5.04. The summed E-state index contributed by atoms with van der Waals surface area (Å²) in [6.07, 6.45) is 2.87. The SMILES string of the molecule is COC(=O)c1sccc1NC(=O)/C=C/c1cc(Cl)c(OC(C)C)c(OC)c1. The first-order valence-electron chi connectivity index (χ1n) is 8.04. The minimum Gasteiger partial charge on any atom is -0.493 e.